The monoisotopic (exact) mass is 192 g/mol. The Labute approximate surface area is 63.1 Å². The first-order chi connectivity index (χ1) is 4.75. The molecule has 0 fully saturated rings. The van der Waals surface area contributed by atoms with Crippen molar-refractivity contribution in [2.75, 3.05) is 0 Å². The van der Waals surface area contributed by atoms with Gasteiger partial charge < -0.3 is 0 Å². The van der Waals surface area contributed by atoms with Crippen molar-refractivity contribution in [1.29, 1.82) is 0 Å². The van der Waals surface area contributed by atoms with E-state index in [-0.39, 0.29) is 0 Å². The summed E-state index contributed by atoms with van der Waals surface area (Å²) in [5, 5.41) is -2.56. The third-order valence-corrected chi connectivity index (χ3v) is 1.05. The highest BCUT2D eigenvalue weighted by Gasteiger charge is 2.61. The molecule has 0 aromatic rings. The molecule has 0 aliphatic carbocycles. The minimum absolute atomic E-state index is 1.33. The van der Waals surface area contributed by atoms with Gasteiger partial charge in [0.05, 0.1) is 0 Å². The second-order valence-electron chi connectivity index (χ2n) is 1.59. The molecule has 64 valence electrons. The van der Waals surface area contributed by atoms with Crippen molar-refractivity contribution in [1.82, 2.24) is 0 Å². The number of rotatable bonds is 3. The summed E-state index contributed by atoms with van der Waals surface area (Å²) in [4.78, 5) is 19.0. The second-order valence-corrected chi connectivity index (χ2v) is 1.93. The van der Waals surface area contributed by atoms with E-state index < -0.39 is 23.4 Å². The van der Waals surface area contributed by atoms with Crippen molar-refractivity contribution in [2.45, 2.75) is 11.8 Å². The van der Waals surface area contributed by atoms with E-state index in [0.717, 1.165) is 0 Å². The lowest BCUT2D eigenvalue weighted by molar-refractivity contribution is -0.195. The number of aldehydes is 1. The van der Waals surface area contributed by atoms with E-state index in [1.54, 1.807) is 0 Å². The average molecular weight is 192 g/mol. The van der Waals surface area contributed by atoms with Gasteiger partial charge in [0.15, 0.2) is 6.29 Å². The maximum atomic E-state index is 11.9. The highest BCUT2D eigenvalue weighted by Crippen LogP contribution is 2.34. The van der Waals surface area contributed by atoms with Crippen molar-refractivity contribution in [3.8, 4) is 0 Å². The van der Waals surface area contributed by atoms with Crippen LogP contribution in [0.15, 0.2) is 0 Å². The summed E-state index contributed by atoms with van der Waals surface area (Å²) in [6.07, 6.45) is -1.33. The molecule has 0 aliphatic rings. The smallest absolute Gasteiger partial charge is 0.296 e. The molecule has 0 rings (SSSR count). The molecule has 0 aromatic heterocycles. The highest BCUT2D eigenvalue weighted by atomic mass is 35.5. The number of halogens is 5. The van der Waals surface area contributed by atoms with Gasteiger partial charge in [-0.05, 0) is 11.6 Å². The summed E-state index contributed by atoms with van der Waals surface area (Å²) in [7, 11) is 0. The molecule has 7 heteroatoms. The van der Waals surface area contributed by atoms with Crippen LogP contribution < -0.4 is 0 Å². The fraction of sp³-hybridized carbons (Fsp3) is 0.500. The predicted molar refractivity (Wildman–Crippen MR) is 26.8 cm³/mol. The van der Waals surface area contributed by atoms with Gasteiger partial charge in [-0.25, -0.2) is 0 Å². The van der Waals surface area contributed by atoms with Gasteiger partial charge in [-0.1, -0.05) is 0 Å². The van der Waals surface area contributed by atoms with E-state index in [1.807, 2.05) is 0 Å². The Morgan fingerprint density at radius 3 is 1.73 bits per heavy atom. The van der Waals surface area contributed by atoms with Crippen LogP contribution in [-0.4, -0.2) is 23.4 Å². The molecule has 0 heterocycles. The molecular weight excluding hydrogens is 191 g/mol. The van der Waals surface area contributed by atoms with Gasteiger partial charge in [-0.15, -0.1) is 0 Å². The van der Waals surface area contributed by atoms with Crippen molar-refractivity contribution < 1.29 is 27.2 Å². The van der Waals surface area contributed by atoms with Gasteiger partial charge in [0.1, 0.15) is 0 Å². The van der Waals surface area contributed by atoms with Crippen LogP contribution >= 0.6 is 11.6 Å². The summed E-state index contributed by atoms with van der Waals surface area (Å²) < 4.78 is 47.2. The lowest BCUT2D eigenvalue weighted by Gasteiger charge is -2.16. The van der Waals surface area contributed by atoms with Gasteiger partial charge in [-0.3, -0.25) is 9.59 Å². The first-order valence-electron chi connectivity index (χ1n) is 2.17. The van der Waals surface area contributed by atoms with Crippen LogP contribution in [0.5, 0.6) is 0 Å². The summed E-state index contributed by atoms with van der Waals surface area (Å²) in [6.45, 7) is 0. The summed E-state index contributed by atoms with van der Waals surface area (Å²) >= 11 is 4.10. The number of alkyl halides is 4. The van der Waals surface area contributed by atoms with Gasteiger partial charge >= 0.3 is 11.8 Å². The Hall–Kier alpha value is -0.650. The molecule has 0 aliphatic heterocycles. The quantitative estimate of drug-likeness (QED) is 0.383. The standard InChI is InChI=1S/C4HClF4O2/c5-2(11)4(8,9)3(6,7)1-10/h1H. The van der Waals surface area contributed by atoms with Crippen LogP contribution in [0.2, 0.25) is 0 Å². The Balaban J connectivity index is 4.81. The topological polar surface area (TPSA) is 34.1 Å². The van der Waals surface area contributed by atoms with Crippen LogP contribution in [-0.2, 0) is 9.59 Å². The van der Waals surface area contributed by atoms with Crippen LogP contribution in [0, 0.1) is 0 Å². The van der Waals surface area contributed by atoms with E-state index in [9.17, 15) is 27.2 Å². The third-order valence-electron chi connectivity index (χ3n) is 0.813. The van der Waals surface area contributed by atoms with Crippen molar-refractivity contribution in [2.24, 2.45) is 0 Å². The zero-order chi connectivity index (χ0) is 9.28. The van der Waals surface area contributed by atoms with Crippen LogP contribution in [0.1, 0.15) is 0 Å². The molecule has 0 saturated carbocycles. The number of hydrogen-bond acceptors (Lipinski definition) is 2. The van der Waals surface area contributed by atoms with Gasteiger partial charge in [-0.2, -0.15) is 17.6 Å². The molecule has 0 bridgehead atoms. The van der Waals surface area contributed by atoms with E-state index in [0.29, 0.717) is 0 Å². The molecule has 0 radical (unpaired) electrons. The Morgan fingerprint density at radius 1 is 1.27 bits per heavy atom. The first kappa shape index (κ1) is 10.3. The SMILES string of the molecule is O=CC(F)(F)C(F)(F)C(=O)Cl. The molecule has 0 spiro atoms. The van der Waals surface area contributed by atoms with Crippen LogP contribution in [0.25, 0.3) is 0 Å². The first-order valence-corrected chi connectivity index (χ1v) is 2.55. The average Bonchev–Trinajstić information content (AvgIpc) is 1.87. The molecule has 0 amide bonds. The summed E-state index contributed by atoms with van der Waals surface area (Å²) in [6, 6.07) is 0. The predicted octanol–water partition coefficient (Wildman–Crippen LogP) is 1.22. The summed E-state index contributed by atoms with van der Waals surface area (Å²) in [5.74, 6) is -10.2. The van der Waals surface area contributed by atoms with Gasteiger partial charge in [0.2, 0.25) is 0 Å². The molecular formula is C4HClF4O2. The largest absolute Gasteiger partial charge is 0.388 e. The molecule has 11 heavy (non-hydrogen) atoms. The van der Waals surface area contributed by atoms with E-state index >= 15 is 0 Å². The molecule has 0 N–H and O–H groups in total. The maximum Gasteiger partial charge on any atom is 0.388 e. The summed E-state index contributed by atoms with van der Waals surface area (Å²) in [5.41, 5.74) is 0. The molecule has 0 aromatic carbocycles. The normalized spacial score (nSPS) is 12.8. The number of carbonyl (C=O) groups is 2. The minimum atomic E-state index is -5.13. The fourth-order valence-electron chi connectivity index (χ4n) is 0.205. The number of hydrogen-bond donors (Lipinski definition) is 0. The van der Waals surface area contributed by atoms with E-state index in [2.05, 4.69) is 11.6 Å². The van der Waals surface area contributed by atoms with E-state index in [4.69, 9.17) is 0 Å². The van der Waals surface area contributed by atoms with E-state index in [1.165, 1.54) is 0 Å². The maximum absolute atomic E-state index is 11.9. The third kappa shape index (κ3) is 1.68. The molecule has 2 nitrogen and oxygen atoms in total. The lowest BCUT2D eigenvalue weighted by atomic mass is 10.2. The van der Waals surface area contributed by atoms with Crippen molar-refractivity contribution in [3.63, 3.8) is 0 Å². The zero-order valence-electron chi connectivity index (χ0n) is 4.78. The molecule has 0 unspecified atom stereocenters. The molecule has 0 atom stereocenters. The highest BCUT2D eigenvalue weighted by molar-refractivity contribution is 6.65. The minimum Gasteiger partial charge on any atom is -0.296 e. The van der Waals surface area contributed by atoms with Gasteiger partial charge in [0, 0.05) is 0 Å². The number of carbonyl (C=O) groups excluding carboxylic acids is 2. The second kappa shape index (κ2) is 2.77. The lowest BCUT2D eigenvalue weighted by Crippen LogP contribution is -2.46. The Bertz CT molecular complexity index is 191. The van der Waals surface area contributed by atoms with Crippen LogP contribution in [0.4, 0.5) is 17.6 Å². The van der Waals surface area contributed by atoms with Crippen LogP contribution in [0.3, 0.4) is 0 Å². The Morgan fingerprint density at radius 2 is 1.64 bits per heavy atom. The zero-order valence-corrected chi connectivity index (χ0v) is 5.54. The molecule has 0 saturated heterocycles. The fourth-order valence-corrected chi connectivity index (χ4v) is 0.331. The van der Waals surface area contributed by atoms with Crippen molar-refractivity contribution in [3.05, 3.63) is 0 Å². The van der Waals surface area contributed by atoms with Gasteiger partial charge in [0.25, 0.3) is 5.24 Å². The van der Waals surface area contributed by atoms with Crippen molar-refractivity contribution >= 4 is 23.1 Å². The Kier molecular flexibility index (Phi) is 2.60.